The highest BCUT2D eigenvalue weighted by Crippen LogP contribution is 2.28. The molecule has 0 aliphatic carbocycles. The lowest BCUT2D eigenvalue weighted by atomic mass is 10.1. The summed E-state index contributed by atoms with van der Waals surface area (Å²) in [5.74, 6) is 1.23. The van der Waals surface area contributed by atoms with Crippen LogP contribution in [0.1, 0.15) is 18.1 Å². The molecule has 1 saturated heterocycles. The topological polar surface area (TPSA) is 54.0 Å². The minimum Gasteiger partial charge on any atom is -0.493 e. The predicted octanol–water partition coefficient (Wildman–Crippen LogP) is 3.34. The fourth-order valence-corrected chi connectivity index (χ4v) is 3.77. The van der Waals surface area contributed by atoms with Crippen molar-refractivity contribution in [2.75, 3.05) is 57.2 Å². The minimum atomic E-state index is -0.0547. The molecular weight excluding hydrogens is 366 g/mol. The van der Waals surface area contributed by atoms with Crippen molar-refractivity contribution in [2.24, 2.45) is 0 Å². The molecule has 1 heterocycles. The van der Waals surface area contributed by atoms with Gasteiger partial charge in [0.1, 0.15) is 0 Å². The summed E-state index contributed by atoms with van der Waals surface area (Å²) < 4.78 is 10.6. The maximum atomic E-state index is 12.5. The van der Waals surface area contributed by atoms with Crippen LogP contribution in [0, 0.1) is 6.92 Å². The van der Waals surface area contributed by atoms with Crippen molar-refractivity contribution in [1.29, 1.82) is 0 Å². The summed E-state index contributed by atoms with van der Waals surface area (Å²) >= 11 is 0. The highest BCUT2D eigenvalue weighted by atomic mass is 16.5. The number of aryl methyl sites for hydroxylation is 1. The van der Waals surface area contributed by atoms with Crippen LogP contribution in [0.5, 0.6) is 11.5 Å². The number of carbonyl (C=O) groups is 1. The van der Waals surface area contributed by atoms with Gasteiger partial charge in [-0.05, 0) is 54.9 Å². The largest absolute Gasteiger partial charge is 0.493 e. The number of methoxy groups -OCH3 is 2. The lowest BCUT2D eigenvalue weighted by molar-refractivity contribution is -0.115. The van der Waals surface area contributed by atoms with E-state index in [1.807, 2.05) is 30.3 Å². The van der Waals surface area contributed by atoms with Crippen molar-refractivity contribution in [2.45, 2.75) is 20.3 Å². The molecule has 6 heteroatoms. The van der Waals surface area contributed by atoms with Gasteiger partial charge in [-0.15, -0.1) is 0 Å². The second-order valence-corrected chi connectivity index (χ2v) is 7.34. The Morgan fingerprint density at radius 3 is 2.34 bits per heavy atom. The minimum absolute atomic E-state index is 0.0547. The van der Waals surface area contributed by atoms with Crippen LogP contribution in [0.2, 0.25) is 0 Å². The van der Waals surface area contributed by atoms with E-state index in [4.69, 9.17) is 9.47 Å². The molecule has 3 rings (SSSR count). The summed E-state index contributed by atoms with van der Waals surface area (Å²) in [5.41, 5.74) is 4.13. The van der Waals surface area contributed by atoms with Crippen LogP contribution >= 0.6 is 0 Å². The third-order valence-electron chi connectivity index (χ3n) is 5.45. The molecule has 0 saturated carbocycles. The number of hydrogen-bond acceptors (Lipinski definition) is 5. The number of carbonyl (C=O) groups excluding carboxylic acids is 1. The summed E-state index contributed by atoms with van der Waals surface area (Å²) in [4.78, 5) is 17.4. The van der Waals surface area contributed by atoms with E-state index in [2.05, 4.69) is 35.0 Å². The van der Waals surface area contributed by atoms with Crippen LogP contribution in [0.15, 0.2) is 36.4 Å². The Labute approximate surface area is 173 Å². The van der Waals surface area contributed by atoms with Crippen molar-refractivity contribution in [1.82, 2.24) is 4.90 Å². The zero-order valence-corrected chi connectivity index (χ0v) is 17.8. The number of amides is 1. The first kappa shape index (κ1) is 21.0. The van der Waals surface area contributed by atoms with Gasteiger partial charge in [-0.1, -0.05) is 13.0 Å². The van der Waals surface area contributed by atoms with Gasteiger partial charge in [0.2, 0.25) is 5.91 Å². The van der Waals surface area contributed by atoms with E-state index in [0.717, 1.165) is 44.0 Å². The number of rotatable bonds is 7. The van der Waals surface area contributed by atoms with E-state index in [1.165, 1.54) is 11.3 Å². The molecule has 0 bridgehead atoms. The van der Waals surface area contributed by atoms with Gasteiger partial charge in [-0.2, -0.15) is 0 Å². The lowest BCUT2D eigenvalue weighted by Gasteiger charge is -2.36. The first-order valence-corrected chi connectivity index (χ1v) is 10.1. The lowest BCUT2D eigenvalue weighted by Crippen LogP contribution is -2.46. The van der Waals surface area contributed by atoms with Crippen LogP contribution in [-0.4, -0.2) is 57.8 Å². The summed E-state index contributed by atoms with van der Waals surface area (Å²) in [6.07, 6.45) is 0.278. The van der Waals surface area contributed by atoms with Gasteiger partial charge in [0.05, 0.1) is 20.6 Å². The predicted molar refractivity (Wildman–Crippen MR) is 117 cm³/mol. The highest BCUT2D eigenvalue weighted by molar-refractivity contribution is 5.92. The monoisotopic (exact) mass is 397 g/mol. The average molecular weight is 398 g/mol. The molecule has 0 unspecified atom stereocenters. The second-order valence-electron chi connectivity index (χ2n) is 7.34. The molecule has 1 N–H and O–H groups in total. The fraction of sp³-hybridized carbons (Fsp3) is 0.435. The van der Waals surface area contributed by atoms with Gasteiger partial charge in [-0.25, -0.2) is 0 Å². The van der Waals surface area contributed by atoms with Crippen LogP contribution < -0.4 is 19.7 Å². The maximum absolute atomic E-state index is 12.5. The second kappa shape index (κ2) is 9.65. The molecule has 156 valence electrons. The molecule has 1 amide bonds. The molecule has 2 aromatic carbocycles. The highest BCUT2D eigenvalue weighted by Gasteiger charge is 2.17. The molecule has 1 aliphatic rings. The molecular formula is C23H31N3O3. The Morgan fingerprint density at radius 1 is 1.00 bits per heavy atom. The molecule has 6 nitrogen and oxygen atoms in total. The van der Waals surface area contributed by atoms with Gasteiger partial charge in [0.25, 0.3) is 0 Å². The van der Waals surface area contributed by atoms with Gasteiger partial charge >= 0.3 is 0 Å². The van der Waals surface area contributed by atoms with E-state index in [9.17, 15) is 4.79 Å². The molecule has 29 heavy (non-hydrogen) atoms. The number of nitrogens with zero attached hydrogens (tertiary/aromatic N) is 2. The summed E-state index contributed by atoms with van der Waals surface area (Å²) in [5, 5.41) is 3.01. The number of benzene rings is 2. The Morgan fingerprint density at radius 2 is 1.72 bits per heavy atom. The van der Waals surface area contributed by atoms with Crippen LogP contribution in [-0.2, 0) is 11.2 Å². The standard InChI is InChI=1S/C23H31N3O3/c1-5-25-10-12-26(13-11-25)20-8-7-19(14-17(20)2)24-23(27)16-18-6-9-21(28-3)22(15-18)29-4/h6-9,14-15H,5,10-13,16H2,1-4H3,(H,24,27). The number of likely N-dealkylation sites (N-methyl/N-ethyl adjacent to an activating group) is 1. The third kappa shape index (κ3) is 5.21. The van der Waals surface area contributed by atoms with Gasteiger partial charge < -0.3 is 24.6 Å². The SMILES string of the molecule is CCN1CCN(c2ccc(NC(=O)Cc3ccc(OC)c(OC)c3)cc2C)CC1. The Kier molecular flexibility index (Phi) is 6.99. The van der Waals surface area contributed by atoms with Crippen LogP contribution in [0.4, 0.5) is 11.4 Å². The molecule has 0 atom stereocenters. The number of hydrogen-bond donors (Lipinski definition) is 1. The van der Waals surface area contributed by atoms with Crippen molar-refractivity contribution in [3.63, 3.8) is 0 Å². The van der Waals surface area contributed by atoms with E-state index >= 15 is 0 Å². The van der Waals surface area contributed by atoms with Crippen molar-refractivity contribution in [3.05, 3.63) is 47.5 Å². The van der Waals surface area contributed by atoms with E-state index < -0.39 is 0 Å². The maximum Gasteiger partial charge on any atom is 0.228 e. The third-order valence-corrected chi connectivity index (χ3v) is 5.45. The van der Waals surface area contributed by atoms with Crippen molar-refractivity contribution >= 4 is 17.3 Å². The normalized spacial score (nSPS) is 14.6. The number of piperazine rings is 1. The van der Waals surface area contributed by atoms with Crippen LogP contribution in [0.25, 0.3) is 0 Å². The first-order chi connectivity index (χ1) is 14.0. The molecule has 1 fully saturated rings. The van der Waals surface area contributed by atoms with Gasteiger partial charge in [0.15, 0.2) is 11.5 Å². The first-order valence-electron chi connectivity index (χ1n) is 10.1. The van der Waals surface area contributed by atoms with E-state index in [0.29, 0.717) is 11.5 Å². The van der Waals surface area contributed by atoms with Gasteiger partial charge in [0, 0.05) is 37.6 Å². The zero-order chi connectivity index (χ0) is 20.8. The van der Waals surface area contributed by atoms with Gasteiger partial charge in [-0.3, -0.25) is 4.79 Å². The fourth-order valence-electron chi connectivity index (χ4n) is 3.77. The molecule has 2 aromatic rings. The zero-order valence-electron chi connectivity index (χ0n) is 17.8. The van der Waals surface area contributed by atoms with Crippen molar-refractivity contribution < 1.29 is 14.3 Å². The molecule has 0 radical (unpaired) electrons. The smallest absolute Gasteiger partial charge is 0.228 e. The summed E-state index contributed by atoms with van der Waals surface area (Å²) in [6.45, 7) is 9.70. The number of nitrogens with one attached hydrogen (secondary N) is 1. The molecule has 0 spiro atoms. The number of ether oxygens (including phenoxy) is 2. The van der Waals surface area contributed by atoms with E-state index in [-0.39, 0.29) is 12.3 Å². The quantitative estimate of drug-likeness (QED) is 0.777. The average Bonchev–Trinajstić information content (AvgIpc) is 2.73. The summed E-state index contributed by atoms with van der Waals surface area (Å²) in [7, 11) is 3.19. The van der Waals surface area contributed by atoms with E-state index in [1.54, 1.807) is 14.2 Å². The summed E-state index contributed by atoms with van der Waals surface area (Å²) in [6, 6.07) is 11.7. The molecule has 1 aliphatic heterocycles. The molecule has 0 aromatic heterocycles. The Balaban J connectivity index is 1.62. The van der Waals surface area contributed by atoms with Crippen molar-refractivity contribution in [3.8, 4) is 11.5 Å². The van der Waals surface area contributed by atoms with Crippen LogP contribution in [0.3, 0.4) is 0 Å². The number of anilines is 2. The Hall–Kier alpha value is -2.73. The Bertz CT molecular complexity index is 845.